The minimum Gasteiger partial charge on any atom is -0.481 e. The van der Waals surface area contributed by atoms with Crippen molar-refractivity contribution in [3.05, 3.63) is 59.7 Å². The van der Waals surface area contributed by atoms with Crippen LogP contribution in [-0.2, 0) is 9.53 Å². The quantitative estimate of drug-likeness (QED) is 0.887. The molecule has 1 amide bonds. The van der Waals surface area contributed by atoms with E-state index in [9.17, 15) is 14.7 Å². The van der Waals surface area contributed by atoms with Gasteiger partial charge in [-0.3, -0.25) is 4.79 Å². The molecule has 0 radical (unpaired) electrons. The second-order valence-electron chi connectivity index (χ2n) is 7.55. The Hall–Kier alpha value is -2.86. The average Bonchev–Trinajstić information content (AvgIpc) is 2.87. The van der Waals surface area contributed by atoms with Gasteiger partial charge in [0.15, 0.2) is 0 Å². The van der Waals surface area contributed by atoms with E-state index in [0.29, 0.717) is 19.6 Å². The molecule has 0 bridgehead atoms. The lowest BCUT2D eigenvalue weighted by molar-refractivity contribution is -0.142. The molecule has 0 aromatic heterocycles. The Morgan fingerprint density at radius 1 is 1.00 bits per heavy atom. The van der Waals surface area contributed by atoms with Crippen LogP contribution in [0.5, 0.6) is 0 Å². The maximum Gasteiger partial charge on any atom is 0.409 e. The van der Waals surface area contributed by atoms with Gasteiger partial charge in [-0.25, -0.2) is 4.79 Å². The van der Waals surface area contributed by atoms with Crippen LogP contribution in [0, 0.1) is 5.92 Å². The topological polar surface area (TPSA) is 70.1 Å². The number of hydrogen-bond acceptors (Lipinski definition) is 4. The van der Waals surface area contributed by atoms with Crippen molar-refractivity contribution in [2.24, 2.45) is 5.92 Å². The third-order valence-corrected chi connectivity index (χ3v) is 5.67. The number of benzene rings is 2. The molecule has 1 fully saturated rings. The van der Waals surface area contributed by atoms with E-state index in [2.05, 4.69) is 24.3 Å². The predicted octanol–water partition coefficient (Wildman–Crippen LogP) is 2.88. The number of likely N-dealkylation sites (N-methyl/N-ethyl adjacent to an activating group) is 1. The molecule has 1 N–H and O–H groups in total. The number of ether oxygens (including phenoxy) is 1. The summed E-state index contributed by atoms with van der Waals surface area (Å²) in [5.41, 5.74) is 4.69. The zero-order valence-electron chi connectivity index (χ0n) is 15.9. The largest absolute Gasteiger partial charge is 0.481 e. The van der Waals surface area contributed by atoms with Crippen LogP contribution in [-0.4, -0.2) is 66.8 Å². The number of carboxylic acid groups (broad SMARTS) is 1. The Morgan fingerprint density at radius 2 is 1.61 bits per heavy atom. The first-order chi connectivity index (χ1) is 13.5. The van der Waals surface area contributed by atoms with E-state index in [1.807, 2.05) is 36.2 Å². The van der Waals surface area contributed by atoms with Crippen molar-refractivity contribution in [2.45, 2.75) is 5.92 Å². The van der Waals surface area contributed by atoms with E-state index in [1.165, 1.54) is 16.0 Å². The van der Waals surface area contributed by atoms with Gasteiger partial charge in [0.1, 0.15) is 6.61 Å². The van der Waals surface area contributed by atoms with Crippen LogP contribution >= 0.6 is 0 Å². The van der Waals surface area contributed by atoms with Crippen molar-refractivity contribution < 1.29 is 19.4 Å². The first kappa shape index (κ1) is 18.5. The first-order valence-corrected chi connectivity index (χ1v) is 9.56. The zero-order valence-corrected chi connectivity index (χ0v) is 15.9. The van der Waals surface area contributed by atoms with Gasteiger partial charge in [0, 0.05) is 32.1 Å². The molecule has 1 heterocycles. The van der Waals surface area contributed by atoms with Crippen LogP contribution in [0.1, 0.15) is 17.0 Å². The van der Waals surface area contributed by atoms with Crippen LogP contribution in [0.4, 0.5) is 4.79 Å². The molecule has 146 valence electrons. The number of fused-ring (bicyclic) bond motifs is 3. The van der Waals surface area contributed by atoms with Crippen LogP contribution in [0.2, 0.25) is 0 Å². The van der Waals surface area contributed by atoms with Crippen LogP contribution in [0.25, 0.3) is 11.1 Å². The molecule has 0 saturated carbocycles. The molecular formula is C22H24N2O4. The number of rotatable bonds is 3. The number of hydrogen-bond donors (Lipinski definition) is 1. The normalized spacial score (nSPS) is 19.6. The molecular weight excluding hydrogens is 356 g/mol. The Labute approximate surface area is 164 Å². The van der Waals surface area contributed by atoms with Crippen molar-refractivity contribution in [1.82, 2.24) is 9.80 Å². The van der Waals surface area contributed by atoms with Gasteiger partial charge in [-0.05, 0) is 29.3 Å². The molecule has 1 unspecified atom stereocenters. The number of carbonyl (C=O) groups excluding carboxylic acids is 1. The van der Waals surface area contributed by atoms with E-state index < -0.39 is 18.0 Å². The summed E-state index contributed by atoms with van der Waals surface area (Å²) < 4.78 is 5.67. The number of carbonyl (C=O) groups is 2. The Bertz CT molecular complexity index is 852. The molecule has 1 aliphatic heterocycles. The van der Waals surface area contributed by atoms with Gasteiger partial charge in [-0.2, -0.15) is 0 Å². The van der Waals surface area contributed by atoms with Gasteiger partial charge >= 0.3 is 12.1 Å². The van der Waals surface area contributed by atoms with Gasteiger partial charge in [0.05, 0.1) is 5.92 Å². The summed E-state index contributed by atoms with van der Waals surface area (Å²) in [6.07, 6.45) is -0.441. The molecule has 4 rings (SSSR count). The molecule has 2 aliphatic rings. The number of carboxylic acids is 1. The van der Waals surface area contributed by atoms with E-state index >= 15 is 0 Å². The molecule has 28 heavy (non-hydrogen) atoms. The number of amides is 1. The van der Waals surface area contributed by atoms with Crippen molar-refractivity contribution in [3.63, 3.8) is 0 Å². The zero-order chi connectivity index (χ0) is 19.7. The second-order valence-corrected chi connectivity index (χ2v) is 7.55. The van der Waals surface area contributed by atoms with E-state index in [-0.39, 0.29) is 19.1 Å². The number of nitrogens with zero attached hydrogens (tertiary/aromatic N) is 2. The molecule has 0 spiro atoms. The minimum atomic E-state index is -0.884. The fraction of sp³-hybridized carbons (Fsp3) is 0.364. The lowest BCUT2D eigenvalue weighted by atomic mass is 9.98. The smallest absolute Gasteiger partial charge is 0.409 e. The highest BCUT2D eigenvalue weighted by atomic mass is 16.6. The molecule has 1 atom stereocenters. The Morgan fingerprint density at radius 3 is 2.21 bits per heavy atom. The predicted molar refractivity (Wildman–Crippen MR) is 105 cm³/mol. The highest BCUT2D eigenvalue weighted by Gasteiger charge is 2.32. The third kappa shape index (κ3) is 3.47. The molecule has 1 aliphatic carbocycles. The van der Waals surface area contributed by atoms with Gasteiger partial charge in [-0.1, -0.05) is 48.5 Å². The molecule has 2 aromatic carbocycles. The van der Waals surface area contributed by atoms with Crippen molar-refractivity contribution in [3.8, 4) is 11.1 Å². The lowest BCUT2D eigenvalue weighted by Crippen LogP contribution is -2.38. The fourth-order valence-electron chi connectivity index (χ4n) is 4.18. The van der Waals surface area contributed by atoms with Gasteiger partial charge < -0.3 is 19.6 Å². The summed E-state index contributed by atoms with van der Waals surface area (Å²) in [5, 5.41) is 9.40. The van der Waals surface area contributed by atoms with Gasteiger partial charge in [-0.15, -0.1) is 0 Å². The first-order valence-electron chi connectivity index (χ1n) is 9.56. The highest BCUT2D eigenvalue weighted by Crippen LogP contribution is 2.44. The standard InChI is InChI=1S/C22H24N2O4/c1-23-10-11-24(13-15(12-23)21(25)26)22(27)28-14-20-18-8-4-2-6-16(18)17-7-3-5-9-19(17)20/h2-9,15,20H,10-14H2,1H3,(H,25,26). The Balaban J connectivity index is 1.48. The van der Waals surface area contributed by atoms with Crippen molar-refractivity contribution in [2.75, 3.05) is 39.8 Å². The summed E-state index contributed by atoms with van der Waals surface area (Å²) in [6.45, 7) is 1.96. The average molecular weight is 380 g/mol. The molecule has 2 aromatic rings. The van der Waals surface area contributed by atoms with Crippen molar-refractivity contribution in [1.29, 1.82) is 0 Å². The summed E-state index contributed by atoms with van der Waals surface area (Å²) in [7, 11) is 1.87. The monoisotopic (exact) mass is 380 g/mol. The summed E-state index contributed by atoms with van der Waals surface area (Å²) in [5.74, 6) is -1.49. The van der Waals surface area contributed by atoms with E-state index in [4.69, 9.17) is 4.74 Å². The van der Waals surface area contributed by atoms with Crippen molar-refractivity contribution >= 4 is 12.1 Å². The minimum absolute atomic E-state index is 0.00118. The van der Waals surface area contributed by atoms with Gasteiger partial charge in [0.25, 0.3) is 0 Å². The van der Waals surface area contributed by atoms with Crippen LogP contribution in [0.3, 0.4) is 0 Å². The fourth-order valence-corrected chi connectivity index (χ4v) is 4.18. The molecule has 6 heteroatoms. The van der Waals surface area contributed by atoms with Crippen LogP contribution < -0.4 is 0 Å². The van der Waals surface area contributed by atoms with E-state index in [0.717, 1.165) is 11.1 Å². The number of aliphatic carboxylic acids is 1. The lowest BCUT2D eigenvalue weighted by Gasteiger charge is -2.23. The maximum atomic E-state index is 12.7. The van der Waals surface area contributed by atoms with Gasteiger partial charge in [0.2, 0.25) is 0 Å². The van der Waals surface area contributed by atoms with Crippen LogP contribution in [0.15, 0.2) is 48.5 Å². The third-order valence-electron chi connectivity index (χ3n) is 5.67. The summed E-state index contributed by atoms with van der Waals surface area (Å²) >= 11 is 0. The Kier molecular flexibility index (Phi) is 5.05. The van der Waals surface area contributed by atoms with E-state index in [1.54, 1.807) is 0 Å². The highest BCUT2D eigenvalue weighted by molar-refractivity contribution is 5.79. The second kappa shape index (κ2) is 7.64. The summed E-state index contributed by atoms with van der Waals surface area (Å²) in [4.78, 5) is 27.6. The maximum absolute atomic E-state index is 12.7. The summed E-state index contributed by atoms with van der Waals surface area (Å²) in [6, 6.07) is 16.4. The SMILES string of the molecule is CN1CCN(C(=O)OCC2c3ccccc3-c3ccccc32)CC(C(=O)O)C1. The molecule has 6 nitrogen and oxygen atoms in total. The molecule has 1 saturated heterocycles.